The third-order valence-corrected chi connectivity index (χ3v) is 2.99. The monoisotopic (exact) mass is 314 g/mol. The van der Waals surface area contributed by atoms with Crippen molar-refractivity contribution in [3.05, 3.63) is 28.2 Å². The summed E-state index contributed by atoms with van der Waals surface area (Å²) in [7, 11) is 0. The Morgan fingerprint density at radius 2 is 2.11 bits per heavy atom. The van der Waals surface area contributed by atoms with Crippen molar-refractivity contribution in [2.75, 3.05) is 11.9 Å². The topological polar surface area (TPSA) is 78.4 Å². The average Bonchev–Trinajstić information content (AvgIpc) is 2.29. The minimum atomic E-state index is -0.987. The molecular formula is C12H15BrN2O3. The zero-order chi connectivity index (χ0) is 13.7. The quantitative estimate of drug-likeness (QED) is 0.774. The maximum Gasteiger partial charge on any atom is 0.320 e. The number of nitrogens with one attached hydrogen (secondary N) is 2. The zero-order valence-electron chi connectivity index (χ0n) is 10.2. The highest BCUT2D eigenvalue weighted by molar-refractivity contribution is 9.10. The maximum absolute atomic E-state index is 11.6. The van der Waals surface area contributed by atoms with Crippen LogP contribution in [0.25, 0.3) is 0 Å². The van der Waals surface area contributed by atoms with Crippen molar-refractivity contribution in [3.8, 4) is 0 Å². The van der Waals surface area contributed by atoms with Crippen LogP contribution in [0.5, 0.6) is 0 Å². The number of carbonyl (C=O) groups excluding carboxylic acids is 1. The number of benzene rings is 1. The number of rotatable bonds is 5. The van der Waals surface area contributed by atoms with Crippen molar-refractivity contribution in [2.24, 2.45) is 0 Å². The Hall–Kier alpha value is -1.40. The smallest absolute Gasteiger partial charge is 0.320 e. The van der Waals surface area contributed by atoms with Crippen molar-refractivity contribution < 1.29 is 14.7 Å². The lowest BCUT2D eigenvalue weighted by Gasteiger charge is -2.11. The van der Waals surface area contributed by atoms with Crippen molar-refractivity contribution in [1.29, 1.82) is 0 Å². The van der Waals surface area contributed by atoms with Gasteiger partial charge >= 0.3 is 5.97 Å². The van der Waals surface area contributed by atoms with Gasteiger partial charge < -0.3 is 10.4 Å². The summed E-state index contributed by atoms with van der Waals surface area (Å²) >= 11 is 3.35. The highest BCUT2D eigenvalue weighted by Crippen LogP contribution is 2.23. The van der Waals surface area contributed by atoms with E-state index >= 15 is 0 Å². The van der Waals surface area contributed by atoms with Crippen LogP contribution in [0.1, 0.15) is 12.5 Å². The van der Waals surface area contributed by atoms with Crippen molar-refractivity contribution >= 4 is 33.5 Å². The molecule has 0 aliphatic heterocycles. The number of aliphatic carboxylic acids is 1. The number of hydrogen-bond donors (Lipinski definition) is 3. The molecule has 98 valence electrons. The lowest BCUT2D eigenvalue weighted by molar-refractivity contribution is -0.139. The molecule has 0 heterocycles. The molecule has 1 rings (SSSR count). The van der Waals surface area contributed by atoms with E-state index in [1.54, 1.807) is 6.07 Å². The number of aryl methyl sites for hydroxylation is 1. The molecule has 0 spiro atoms. The van der Waals surface area contributed by atoms with Gasteiger partial charge in [-0.15, -0.1) is 0 Å². The second kappa shape index (κ2) is 6.51. The molecule has 1 amide bonds. The molecule has 0 aromatic heterocycles. The Kier molecular flexibility index (Phi) is 5.30. The second-order valence-electron chi connectivity index (χ2n) is 3.97. The summed E-state index contributed by atoms with van der Waals surface area (Å²) in [4.78, 5) is 22.1. The highest BCUT2D eigenvalue weighted by Gasteiger charge is 2.12. The minimum Gasteiger partial charge on any atom is -0.480 e. The van der Waals surface area contributed by atoms with E-state index in [0.29, 0.717) is 5.69 Å². The largest absolute Gasteiger partial charge is 0.480 e. The first kappa shape index (κ1) is 14.7. The van der Waals surface area contributed by atoms with Crippen molar-refractivity contribution in [2.45, 2.75) is 19.9 Å². The van der Waals surface area contributed by atoms with E-state index < -0.39 is 12.0 Å². The Bertz CT molecular complexity index is 463. The van der Waals surface area contributed by atoms with Crippen LogP contribution in [0.2, 0.25) is 0 Å². The second-order valence-corrected chi connectivity index (χ2v) is 4.83. The standard InChI is InChI=1S/C12H15BrN2O3/c1-7-3-4-10(9(13)5-7)15-11(16)6-14-8(2)12(17)18/h3-5,8,14H,6H2,1-2H3,(H,15,16)(H,17,18). The third kappa shape index (κ3) is 4.46. The van der Waals surface area contributed by atoms with Gasteiger partial charge in [0.25, 0.3) is 0 Å². The summed E-state index contributed by atoms with van der Waals surface area (Å²) in [5.41, 5.74) is 1.74. The number of amides is 1. The van der Waals surface area contributed by atoms with Crippen LogP contribution < -0.4 is 10.6 Å². The maximum atomic E-state index is 11.6. The first-order valence-corrected chi connectivity index (χ1v) is 6.21. The third-order valence-electron chi connectivity index (χ3n) is 2.34. The van der Waals surface area contributed by atoms with Gasteiger partial charge in [-0.3, -0.25) is 14.9 Å². The fraction of sp³-hybridized carbons (Fsp3) is 0.333. The molecule has 0 radical (unpaired) electrons. The molecule has 6 heteroatoms. The van der Waals surface area contributed by atoms with Crippen LogP contribution in [-0.4, -0.2) is 29.6 Å². The zero-order valence-corrected chi connectivity index (χ0v) is 11.7. The summed E-state index contributed by atoms with van der Waals surface area (Å²) < 4.78 is 0.794. The molecule has 0 saturated heterocycles. The van der Waals surface area contributed by atoms with E-state index in [2.05, 4.69) is 26.6 Å². The van der Waals surface area contributed by atoms with E-state index in [1.807, 2.05) is 19.1 Å². The Morgan fingerprint density at radius 1 is 1.44 bits per heavy atom. The molecule has 5 nitrogen and oxygen atoms in total. The molecule has 0 aliphatic rings. The fourth-order valence-electron chi connectivity index (χ4n) is 1.25. The predicted molar refractivity (Wildman–Crippen MR) is 72.6 cm³/mol. The molecule has 18 heavy (non-hydrogen) atoms. The van der Waals surface area contributed by atoms with Crippen LogP contribution in [0.3, 0.4) is 0 Å². The van der Waals surface area contributed by atoms with E-state index in [-0.39, 0.29) is 12.5 Å². The predicted octanol–water partition coefficient (Wildman–Crippen LogP) is 1.76. The molecule has 0 fully saturated rings. The lowest BCUT2D eigenvalue weighted by Crippen LogP contribution is -2.39. The van der Waals surface area contributed by atoms with E-state index in [4.69, 9.17) is 5.11 Å². The van der Waals surface area contributed by atoms with Gasteiger partial charge in [0.15, 0.2) is 0 Å². The molecule has 1 unspecified atom stereocenters. The summed E-state index contributed by atoms with van der Waals surface area (Å²) in [6.45, 7) is 3.39. The molecular weight excluding hydrogens is 300 g/mol. The Balaban J connectivity index is 2.52. The SMILES string of the molecule is Cc1ccc(NC(=O)CNC(C)C(=O)O)c(Br)c1. The number of carboxylic acids is 1. The van der Waals surface area contributed by atoms with Crippen LogP contribution in [0, 0.1) is 6.92 Å². The normalized spacial score (nSPS) is 11.9. The first-order valence-electron chi connectivity index (χ1n) is 5.42. The Morgan fingerprint density at radius 3 is 2.67 bits per heavy atom. The first-order chi connectivity index (χ1) is 8.40. The summed E-state index contributed by atoms with van der Waals surface area (Å²) in [5, 5.41) is 14.0. The van der Waals surface area contributed by atoms with Crippen LogP contribution in [-0.2, 0) is 9.59 Å². The molecule has 3 N–H and O–H groups in total. The van der Waals surface area contributed by atoms with Gasteiger partial charge in [-0.2, -0.15) is 0 Å². The Labute approximate surface area is 114 Å². The lowest BCUT2D eigenvalue weighted by atomic mass is 10.2. The average molecular weight is 315 g/mol. The van der Waals surface area contributed by atoms with Gasteiger partial charge in [-0.25, -0.2) is 0 Å². The summed E-state index contributed by atoms with van der Waals surface area (Å²) in [5.74, 6) is -1.27. The highest BCUT2D eigenvalue weighted by atomic mass is 79.9. The van der Waals surface area contributed by atoms with Gasteiger partial charge in [0.1, 0.15) is 6.04 Å². The van der Waals surface area contributed by atoms with Crippen LogP contribution in [0.4, 0.5) is 5.69 Å². The van der Waals surface area contributed by atoms with Gasteiger partial charge in [0, 0.05) is 4.47 Å². The van der Waals surface area contributed by atoms with Crippen molar-refractivity contribution in [1.82, 2.24) is 5.32 Å². The van der Waals surface area contributed by atoms with Gasteiger partial charge in [0.2, 0.25) is 5.91 Å². The molecule has 0 saturated carbocycles. The van der Waals surface area contributed by atoms with Gasteiger partial charge in [-0.1, -0.05) is 6.07 Å². The number of carboxylic acid groups (broad SMARTS) is 1. The number of carbonyl (C=O) groups is 2. The molecule has 1 aromatic rings. The number of halogens is 1. The van der Waals surface area contributed by atoms with Gasteiger partial charge in [0.05, 0.1) is 12.2 Å². The molecule has 0 bridgehead atoms. The number of anilines is 1. The summed E-state index contributed by atoms with van der Waals surface area (Å²) in [6, 6.07) is 4.81. The van der Waals surface area contributed by atoms with E-state index in [1.165, 1.54) is 6.92 Å². The van der Waals surface area contributed by atoms with Crippen molar-refractivity contribution in [3.63, 3.8) is 0 Å². The van der Waals surface area contributed by atoms with Gasteiger partial charge in [-0.05, 0) is 47.5 Å². The van der Waals surface area contributed by atoms with Crippen LogP contribution >= 0.6 is 15.9 Å². The van der Waals surface area contributed by atoms with E-state index in [9.17, 15) is 9.59 Å². The summed E-state index contributed by atoms with van der Waals surface area (Å²) in [6.07, 6.45) is 0. The van der Waals surface area contributed by atoms with E-state index in [0.717, 1.165) is 10.0 Å². The minimum absolute atomic E-state index is 0.0478. The molecule has 1 atom stereocenters. The number of hydrogen-bond acceptors (Lipinski definition) is 3. The van der Waals surface area contributed by atoms with Crippen LogP contribution in [0.15, 0.2) is 22.7 Å². The molecule has 0 aliphatic carbocycles. The molecule has 1 aromatic carbocycles. The fourth-order valence-corrected chi connectivity index (χ4v) is 1.84.